The van der Waals surface area contributed by atoms with Crippen LogP contribution in [0.15, 0.2) is 24.3 Å². The average Bonchev–Trinajstić information content (AvgIpc) is 3.30. The molecule has 0 amide bonds. The van der Waals surface area contributed by atoms with Gasteiger partial charge >= 0.3 is 0 Å². The van der Waals surface area contributed by atoms with E-state index in [0.717, 1.165) is 31.0 Å². The molecular formula is C18H23NO2. The summed E-state index contributed by atoms with van der Waals surface area (Å²) in [5, 5.41) is 0. The lowest BCUT2D eigenvalue weighted by Gasteiger charge is -2.47. The van der Waals surface area contributed by atoms with Crippen molar-refractivity contribution in [3.63, 3.8) is 0 Å². The van der Waals surface area contributed by atoms with Gasteiger partial charge in [-0.2, -0.15) is 0 Å². The topological polar surface area (TPSA) is 21.7 Å². The summed E-state index contributed by atoms with van der Waals surface area (Å²) in [6.07, 6.45) is 4.86. The first-order valence-corrected chi connectivity index (χ1v) is 7.87. The van der Waals surface area contributed by atoms with Crippen molar-refractivity contribution < 1.29 is 9.47 Å². The molecule has 1 aromatic carbocycles. The van der Waals surface area contributed by atoms with Crippen molar-refractivity contribution in [1.82, 2.24) is 4.90 Å². The maximum Gasteiger partial charge on any atom is 0.161 e. The molecule has 1 aromatic rings. The van der Waals surface area contributed by atoms with Crippen LogP contribution in [0, 0.1) is 5.41 Å². The van der Waals surface area contributed by atoms with Gasteiger partial charge < -0.3 is 9.47 Å². The summed E-state index contributed by atoms with van der Waals surface area (Å²) in [4.78, 5) is 2.66. The van der Waals surface area contributed by atoms with Crippen LogP contribution < -0.4 is 9.47 Å². The Kier molecular flexibility index (Phi) is 2.83. The van der Waals surface area contributed by atoms with Crippen LogP contribution in [0.5, 0.6) is 11.5 Å². The molecule has 1 atom stereocenters. The lowest BCUT2D eigenvalue weighted by molar-refractivity contribution is 0.105. The number of ether oxygens (including phenoxy) is 2. The monoisotopic (exact) mass is 285 g/mol. The van der Waals surface area contributed by atoms with Gasteiger partial charge in [0.05, 0.1) is 14.2 Å². The van der Waals surface area contributed by atoms with Crippen molar-refractivity contribution in [1.29, 1.82) is 0 Å². The molecule has 4 rings (SSSR count). The number of benzene rings is 1. The van der Waals surface area contributed by atoms with Gasteiger partial charge in [0.25, 0.3) is 0 Å². The molecule has 0 aromatic heterocycles. The van der Waals surface area contributed by atoms with Gasteiger partial charge in [-0.1, -0.05) is 12.2 Å². The predicted octanol–water partition coefficient (Wildman–Crippen LogP) is 3.34. The molecule has 2 aliphatic heterocycles. The minimum Gasteiger partial charge on any atom is -0.493 e. The minimum atomic E-state index is 0.340. The highest BCUT2D eigenvalue weighted by Gasteiger charge is 2.57. The molecule has 1 aliphatic carbocycles. The van der Waals surface area contributed by atoms with Crippen molar-refractivity contribution in [3.05, 3.63) is 35.4 Å². The quantitative estimate of drug-likeness (QED) is 0.778. The summed E-state index contributed by atoms with van der Waals surface area (Å²) in [5.74, 6) is 1.70. The molecule has 3 aliphatic rings. The third-order valence-corrected chi connectivity index (χ3v) is 5.69. The molecular weight excluding hydrogens is 262 g/mol. The molecule has 0 radical (unpaired) electrons. The second kappa shape index (κ2) is 4.51. The normalized spacial score (nSPS) is 26.2. The highest BCUT2D eigenvalue weighted by molar-refractivity contribution is 5.51. The van der Waals surface area contributed by atoms with E-state index in [9.17, 15) is 0 Å². The highest BCUT2D eigenvalue weighted by Crippen LogP contribution is 2.65. The molecule has 21 heavy (non-hydrogen) atoms. The van der Waals surface area contributed by atoms with E-state index in [4.69, 9.17) is 9.47 Å². The third kappa shape index (κ3) is 1.76. The maximum atomic E-state index is 5.53. The van der Waals surface area contributed by atoms with E-state index in [2.05, 4.69) is 23.6 Å². The van der Waals surface area contributed by atoms with Gasteiger partial charge in [0, 0.05) is 24.5 Å². The molecule has 3 heteroatoms. The van der Waals surface area contributed by atoms with Crippen molar-refractivity contribution in [2.24, 2.45) is 5.41 Å². The Morgan fingerprint density at radius 1 is 1.10 bits per heavy atom. The fourth-order valence-corrected chi connectivity index (χ4v) is 4.37. The Hall–Kier alpha value is -1.48. The van der Waals surface area contributed by atoms with E-state index in [-0.39, 0.29) is 0 Å². The van der Waals surface area contributed by atoms with Crippen LogP contribution in [0.1, 0.15) is 36.4 Å². The number of rotatable bonds is 2. The van der Waals surface area contributed by atoms with Crippen molar-refractivity contribution in [3.8, 4) is 11.5 Å². The lowest BCUT2D eigenvalue weighted by atomic mass is 9.75. The van der Waals surface area contributed by atoms with Crippen molar-refractivity contribution in [2.75, 3.05) is 27.3 Å². The molecule has 112 valence electrons. The van der Waals surface area contributed by atoms with E-state index in [0.29, 0.717) is 11.5 Å². The number of fused-ring (bicyclic) bond motifs is 4. The van der Waals surface area contributed by atoms with E-state index in [1.165, 1.54) is 36.0 Å². The number of methoxy groups -OCH3 is 2. The summed E-state index contributed by atoms with van der Waals surface area (Å²) < 4.78 is 11.0. The SMILES string of the molecule is C=C1CCN2CCc3cc(OC)c(OC)cc3C2C12CC2. The van der Waals surface area contributed by atoms with Crippen LogP contribution in [-0.4, -0.2) is 32.2 Å². The van der Waals surface area contributed by atoms with Gasteiger partial charge in [0.2, 0.25) is 0 Å². The van der Waals surface area contributed by atoms with Crippen LogP contribution in [0.25, 0.3) is 0 Å². The smallest absolute Gasteiger partial charge is 0.161 e. The first-order chi connectivity index (χ1) is 10.2. The molecule has 1 spiro atoms. The number of nitrogens with zero attached hydrogens (tertiary/aromatic N) is 1. The molecule has 3 nitrogen and oxygen atoms in total. The first kappa shape index (κ1) is 13.2. The van der Waals surface area contributed by atoms with Crippen LogP contribution in [0.2, 0.25) is 0 Å². The summed E-state index contributed by atoms with van der Waals surface area (Å²) in [6, 6.07) is 4.89. The second-order valence-corrected chi connectivity index (χ2v) is 6.60. The average molecular weight is 285 g/mol. The summed E-state index contributed by atoms with van der Waals surface area (Å²) in [7, 11) is 3.43. The zero-order chi connectivity index (χ0) is 14.6. The second-order valence-electron chi connectivity index (χ2n) is 6.60. The molecule has 2 heterocycles. The third-order valence-electron chi connectivity index (χ3n) is 5.69. The maximum absolute atomic E-state index is 5.53. The highest BCUT2D eigenvalue weighted by atomic mass is 16.5. The minimum absolute atomic E-state index is 0.340. The summed E-state index contributed by atoms with van der Waals surface area (Å²) in [6.45, 7) is 6.69. The van der Waals surface area contributed by atoms with Gasteiger partial charge in [-0.25, -0.2) is 0 Å². The van der Waals surface area contributed by atoms with Crippen molar-refractivity contribution >= 4 is 0 Å². The zero-order valence-electron chi connectivity index (χ0n) is 12.9. The van der Waals surface area contributed by atoms with Gasteiger partial charge in [0.1, 0.15) is 0 Å². The standard InChI is InChI=1S/C18H23NO2/c1-12-4-8-19-9-5-13-10-15(20-2)16(21-3)11-14(13)17(19)18(12)6-7-18/h10-11,17H,1,4-9H2,2-3H3. The van der Waals surface area contributed by atoms with Crippen LogP contribution in [0.4, 0.5) is 0 Å². The van der Waals surface area contributed by atoms with E-state index in [1.807, 2.05) is 0 Å². The van der Waals surface area contributed by atoms with Crippen molar-refractivity contribution in [2.45, 2.75) is 31.7 Å². The summed E-state index contributed by atoms with van der Waals surface area (Å²) in [5.41, 5.74) is 4.67. The Balaban J connectivity index is 1.84. The van der Waals surface area contributed by atoms with E-state index in [1.54, 1.807) is 14.2 Å². The Morgan fingerprint density at radius 2 is 1.76 bits per heavy atom. The van der Waals surface area contributed by atoms with E-state index >= 15 is 0 Å². The molecule has 2 fully saturated rings. The van der Waals surface area contributed by atoms with Crippen LogP contribution in [0.3, 0.4) is 0 Å². The van der Waals surface area contributed by atoms with Gasteiger partial charge in [0.15, 0.2) is 11.5 Å². The van der Waals surface area contributed by atoms with Gasteiger partial charge in [-0.15, -0.1) is 0 Å². The zero-order valence-corrected chi connectivity index (χ0v) is 12.9. The van der Waals surface area contributed by atoms with Crippen LogP contribution in [-0.2, 0) is 6.42 Å². The Morgan fingerprint density at radius 3 is 2.43 bits per heavy atom. The number of hydrogen-bond acceptors (Lipinski definition) is 3. The first-order valence-electron chi connectivity index (χ1n) is 7.87. The Labute approximate surface area is 126 Å². The molecule has 1 saturated heterocycles. The van der Waals surface area contributed by atoms with Crippen LogP contribution >= 0.6 is 0 Å². The fraction of sp³-hybridized carbons (Fsp3) is 0.556. The molecule has 0 bridgehead atoms. The molecule has 1 saturated carbocycles. The largest absolute Gasteiger partial charge is 0.493 e. The Bertz CT molecular complexity index is 603. The van der Waals surface area contributed by atoms with Gasteiger partial charge in [-0.3, -0.25) is 4.90 Å². The van der Waals surface area contributed by atoms with E-state index < -0.39 is 0 Å². The molecule has 0 N–H and O–H groups in total. The fourth-order valence-electron chi connectivity index (χ4n) is 4.37. The number of hydrogen-bond donors (Lipinski definition) is 0. The summed E-state index contributed by atoms with van der Waals surface area (Å²) >= 11 is 0. The molecule has 1 unspecified atom stereocenters. The number of piperidine rings is 1. The lowest BCUT2D eigenvalue weighted by Crippen LogP contribution is -2.45. The predicted molar refractivity (Wildman–Crippen MR) is 83.0 cm³/mol. The van der Waals surface area contributed by atoms with Gasteiger partial charge in [-0.05, 0) is 48.9 Å².